The average Bonchev–Trinajstić information content (AvgIpc) is 2.74. The van der Waals surface area contributed by atoms with Crippen molar-refractivity contribution in [2.75, 3.05) is 32.6 Å². The number of hydrogen-bond acceptors (Lipinski definition) is 4. The van der Waals surface area contributed by atoms with Gasteiger partial charge in [0.05, 0.1) is 19.7 Å². The highest BCUT2D eigenvalue weighted by atomic mass is 16.5. The number of nitrogens with zero attached hydrogens (tertiary/aromatic N) is 1. The van der Waals surface area contributed by atoms with Gasteiger partial charge in [-0.25, -0.2) is 0 Å². The largest absolute Gasteiger partial charge is 0.497 e. The van der Waals surface area contributed by atoms with Crippen molar-refractivity contribution >= 4 is 17.5 Å². The minimum Gasteiger partial charge on any atom is -0.497 e. The zero-order valence-electron chi connectivity index (χ0n) is 16.4. The Morgan fingerprint density at radius 3 is 2.61 bits per heavy atom. The van der Waals surface area contributed by atoms with E-state index in [0.29, 0.717) is 0 Å². The molecule has 2 aromatic rings. The number of methoxy groups -OCH3 is 1. The molecule has 148 valence electrons. The summed E-state index contributed by atoms with van der Waals surface area (Å²) in [6.45, 7) is 1.01. The molecule has 2 N–H and O–H groups in total. The molecular formula is C22H27N3O3. The van der Waals surface area contributed by atoms with E-state index in [1.54, 1.807) is 14.2 Å². The first-order valence-corrected chi connectivity index (χ1v) is 9.60. The van der Waals surface area contributed by atoms with E-state index >= 15 is 0 Å². The minimum absolute atomic E-state index is 0.0635. The van der Waals surface area contributed by atoms with Gasteiger partial charge in [0.15, 0.2) is 0 Å². The Morgan fingerprint density at radius 2 is 1.86 bits per heavy atom. The van der Waals surface area contributed by atoms with Crippen molar-refractivity contribution in [3.05, 3.63) is 48.5 Å². The number of benzene rings is 2. The van der Waals surface area contributed by atoms with E-state index in [-0.39, 0.29) is 24.4 Å². The first-order valence-electron chi connectivity index (χ1n) is 9.60. The fraction of sp³-hybridized carbons (Fsp3) is 0.364. The maximum atomic E-state index is 12.9. The van der Waals surface area contributed by atoms with Crippen LogP contribution in [-0.2, 0) is 9.59 Å². The molecule has 6 heteroatoms. The molecule has 1 heterocycles. The smallest absolute Gasteiger partial charge is 0.241 e. The monoisotopic (exact) mass is 381 g/mol. The van der Waals surface area contributed by atoms with Gasteiger partial charge in [0.25, 0.3) is 0 Å². The summed E-state index contributed by atoms with van der Waals surface area (Å²) in [7, 11) is 3.26. The molecule has 0 radical (unpaired) electrons. The molecule has 1 saturated heterocycles. The van der Waals surface area contributed by atoms with Gasteiger partial charge in [-0.1, -0.05) is 30.7 Å². The van der Waals surface area contributed by atoms with Crippen molar-refractivity contribution in [2.45, 2.75) is 25.3 Å². The molecule has 28 heavy (non-hydrogen) atoms. The van der Waals surface area contributed by atoms with Crippen molar-refractivity contribution in [2.24, 2.45) is 0 Å². The van der Waals surface area contributed by atoms with Crippen molar-refractivity contribution < 1.29 is 14.3 Å². The highest BCUT2D eigenvalue weighted by Gasteiger charge is 2.29. The molecule has 3 rings (SSSR count). The minimum atomic E-state index is -0.286. The average molecular weight is 381 g/mol. The van der Waals surface area contributed by atoms with Crippen LogP contribution in [0.3, 0.4) is 0 Å². The maximum absolute atomic E-state index is 12.9. The van der Waals surface area contributed by atoms with Crippen LogP contribution >= 0.6 is 0 Å². The van der Waals surface area contributed by atoms with Gasteiger partial charge in [0, 0.05) is 12.7 Å². The molecule has 0 spiro atoms. The Hall–Kier alpha value is -2.86. The van der Waals surface area contributed by atoms with Crippen molar-refractivity contribution in [1.82, 2.24) is 10.2 Å². The number of likely N-dealkylation sites (tertiary alicyclic amines) is 1. The predicted molar refractivity (Wildman–Crippen MR) is 110 cm³/mol. The normalized spacial score (nSPS) is 17.0. The number of carbonyl (C=O) groups excluding carboxylic acids is 2. The third kappa shape index (κ3) is 4.89. The second-order valence-corrected chi connectivity index (χ2v) is 6.96. The Balaban J connectivity index is 1.73. The van der Waals surface area contributed by atoms with Gasteiger partial charge in [-0.2, -0.15) is 0 Å². The zero-order valence-corrected chi connectivity index (χ0v) is 16.4. The third-order valence-corrected chi connectivity index (χ3v) is 5.08. The lowest BCUT2D eigenvalue weighted by Crippen LogP contribution is -2.50. The van der Waals surface area contributed by atoms with Crippen molar-refractivity contribution in [3.8, 4) is 16.9 Å². The van der Waals surface area contributed by atoms with Crippen LogP contribution in [0.2, 0.25) is 0 Å². The number of amides is 2. The quantitative estimate of drug-likeness (QED) is 0.807. The van der Waals surface area contributed by atoms with Crippen molar-refractivity contribution in [1.29, 1.82) is 0 Å². The number of hydrogen-bond donors (Lipinski definition) is 2. The summed E-state index contributed by atoms with van der Waals surface area (Å²) in [6, 6.07) is 15.3. The second kappa shape index (κ2) is 9.37. The summed E-state index contributed by atoms with van der Waals surface area (Å²) in [4.78, 5) is 26.6. The molecule has 1 atom stereocenters. The van der Waals surface area contributed by atoms with E-state index in [0.717, 1.165) is 48.4 Å². The summed E-state index contributed by atoms with van der Waals surface area (Å²) in [5, 5.41) is 5.66. The fourth-order valence-corrected chi connectivity index (χ4v) is 3.55. The van der Waals surface area contributed by atoms with Crippen LogP contribution in [0.4, 0.5) is 5.69 Å². The van der Waals surface area contributed by atoms with E-state index in [2.05, 4.69) is 10.6 Å². The SMILES string of the molecule is CNC(=O)CN1CCCCC1C(=O)Nc1cccc(-c2cccc(OC)c2)c1. The lowest BCUT2D eigenvalue weighted by Gasteiger charge is -2.33. The van der Waals surface area contributed by atoms with Crippen LogP contribution in [0.1, 0.15) is 19.3 Å². The molecule has 1 aliphatic rings. The van der Waals surface area contributed by atoms with Gasteiger partial charge in [-0.3, -0.25) is 14.5 Å². The molecule has 2 amide bonds. The predicted octanol–water partition coefficient (Wildman–Crippen LogP) is 2.90. The number of likely N-dealkylation sites (N-methyl/N-ethyl adjacent to an activating group) is 1. The Bertz CT molecular complexity index is 837. The van der Waals surface area contributed by atoms with Crippen LogP contribution in [-0.4, -0.2) is 50.0 Å². The molecule has 2 aromatic carbocycles. The van der Waals surface area contributed by atoms with Gasteiger partial charge in [0.2, 0.25) is 11.8 Å². The number of ether oxygens (including phenoxy) is 1. The number of nitrogens with one attached hydrogen (secondary N) is 2. The Morgan fingerprint density at radius 1 is 1.11 bits per heavy atom. The van der Waals surface area contributed by atoms with Crippen LogP contribution in [0.15, 0.2) is 48.5 Å². The molecule has 0 bridgehead atoms. The van der Waals surface area contributed by atoms with E-state index in [9.17, 15) is 9.59 Å². The highest BCUT2D eigenvalue weighted by molar-refractivity contribution is 5.95. The number of carbonyl (C=O) groups is 2. The van der Waals surface area contributed by atoms with Gasteiger partial charge >= 0.3 is 0 Å². The van der Waals surface area contributed by atoms with Gasteiger partial charge < -0.3 is 15.4 Å². The first-order chi connectivity index (χ1) is 13.6. The van der Waals surface area contributed by atoms with Crippen LogP contribution in [0, 0.1) is 0 Å². The Kier molecular flexibility index (Phi) is 6.66. The summed E-state index contributed by atoms with van der Waals surface area (Å²) in [5.41, 5.74) is 2.77. The highest BCUT2D eigenvalue weighted by Crippen LogP contribution is 2.26. The van der Waals surface area contributed by atoms with E-state index in [1.165, 1.54) is 0 Å². The first kappa shape index (κ1) is 19.9. The molecular weight excluding hydrogens is 354 g/mol. The summed E-state index contributed by atoms with van der Waals surface area (Å²) in [6.07, 6.45) is 2.76. The lowest BCUT2D eigenvalue weighted by atomic mass is 10.0. The lowest BCUT2D eigenvalue weighted by molar-refractivity contribution is -0.126. The van der Waals surface area contributed by atoms with Crippen LogP contribution in [0.25, 0.3) is 11.1 Å². The van der Waals surface area contributed by atoms with Gasteiger partial charge in [-0.15, -0.1) is 0 Å². The summed E-state index contributed by atoms with van der Waals surface area (Å²) >= 11 is 0. The zero-order chi connectivity index (χ0) is 19.9. The summed E-state index contributed by atoms with van der Waals surface area (Å²) < 4.78 is 5.30. The van der Waals surface area contributed by atoms with Crippen molar-refractivity contribution in [3.63, 3.8) is 0 Å². The molecule has 0 saturated carbocycles. The van der Waals surface area contributed by atoms with Gasteiger partial charge in [0.1, 0.15) is 5.75 Å². The van der Waals surface area contributed by atoms with Crippen LogP contribution in [0.5, 0.6) is 5.75 Å². The fourth-order valence-electron chi connectivity index (χ4n) is 3.55. The second-order valence-electron chi connectivity index (χ2n) is 6.96. The van der Waals surface area contributed by atoms with E-state index in [4.69, 9.17) is 4.74 Å². The molecule has 6 nitrogen and oxygen atoms in total. The maximum Gasteiger partial charge on any atom is 0.241 e. The number of anilines is 1. The number of rotatable bonds is 6. The Labute approximate surface area is 165 Å². The summed E-state index contributed by atoms with van der Waals surface area (Å²) in [5.74, 6) is 0.658. The third-order valence-electron chi connectivity index (χ3n) is 5.08. The van der Waals surface area contributed by atoms with Crippen LogP contribution < -0.4 is 15.4 Å². The molecule has 0 aliphatic carbocycles. The topological polar surface area (TPSA) is 70.7 Å². The molecule has 1 fully saturated rings. The van der Waals surface area contributed by atoms with E-state index in [1.807, 2.05) is 53.4 Å². The molecule has 0 aromatic heterocycles. The molecule has 1 aliphatic heterocycles. The number of piperidine rings is 1. The van der Waals surface area contributed by atoms with E-state index < -0.39 is 0 Å². The van der Waals surface area contributed by atoms with Gasteiger partial charge in [-0.05, 0) is 54.8 Å². The standard InChI is InChI=1S/C22H27N3O3/c1-23-21(26)15-25-12-4-3-11-20(25)22(27)24-18-9-5-7-16(13-18)17-8-6-10-19(14-17)28-2/h5-10,13-14,20H,3-4,11-12,15H2,1-2H3,(H,23,26)(H,24,27). The molecule has 1 unspecified atom stereocenters.